The zero-order chi connectivity index (χ0) is 14.1. The van der Waals surface area contributed by atoms with Crippen LogP contribution >= 0.6 is 27.3 Å². The molecule has 20 heavy (non-hydrogen) atoms. The highest BCUT2D eigenvalue weighted by Gasteiger charge is 2.06. The van der Waals surface area contributed by atoms with E-state index in [0.717, 1.165) is 31.1 Å². The predicted molar refractivity (Wildman–Crippen MR) is 86.5 cm³/mol. The molecular weight excluding hydrogens is 334 g/mol. The van der Waals surface area contributed by atoms with Gasteiger partial charge in [0.15, 0.2) is 5.13 Å². The molecule has 98 valence electrons. The van der Waals surface area contributed by atoms with E-state index < -0.39 is 0 Å². The Hall–Kier alpha value is -1.90. The quantitative estimate of drug-likeness (QED) is 0.713. The average molecular weight is 344 g/mol. The standard InChI is InChI=1S/C15H10BrN3S/c1-9-2-3-10(8-17)6-13(9)19-15-18-12-5-4-11(16)7-14(12)20-15/h2-7H,1H3,(H,18,19). The largest absolute Gasteiger partial charge is 0.331 e. The number of anilines is 2. The van der Waals surface area contributed by atoms with E-state index in [-0.39, 0.29) is 0 Å². The Labute approximate surface area is 129 Å². The summed E-state index contributed by atoms with van der Waals surface area (Å²) in [5.41, 5.74) is 3.61. The van der Waals surface area contributed by atoms with Gasteiger partial charge in [-0.15, -0.1) is 0 Å². The van der Waals surface area contributed by atoms with Crippen molar-refractivity contribution in [2.75, 3.05) is 5.32 Å². The number of nitriles is 1. The third-order valence-electron chi connectivity index (χ3n) is 2.96. The first kappa shape index (κ1) is 13.1. The Bertz CT molecular complexity index is 833. The predicted octanol–water partition coefficient (Wildman–Crippen LogP) is 4.98. The topological polar surface area (TPSA) is 48.7 Å². The van der Waals surface area contributed by atoms with Crippen molar-refractivity contribution < 1.29 is 0 Å². The van der Waals surface area contributed by atoms with E-state index in [1.165, 1.54) is 0 Å². The average Bonchev–Trinajstić information content (AvgIpc) is 2.82. The Kier molecular flexibility index (Phi) is 3.43. The van der Waals surface area contributed by atoms with Crippen molar-refractivity contribution in [2.45, 2.75) is 6.92 Å². The van der Waals surface area contributed by atoms with E-state index in [4.69, 9.17) is 5.26 Å². The number of hydrogen-bond donors (Lipinski definition) is 1. The summed E-state index contributed by atoms with van der Waals surface area (Å²) < 4.78 is 2.17. The number of hydrogen-bond acceptors (Lipinski definition) is 4. The molecule has 0 amide bonds. The normalized spacial score (nSPS) is 10.4. The molecule has 0 saturated heterocycles. The maximum absolute atomic E-state index is 8.97. The fraction of sp³-hybridized carbons (Fsp3) is 0.0667. The zero-order valence-corrected chi connectivity index (χ0v) is 13.0. The van der Waals surface area contributed by atoms with E-state index in [9.17, 15) is 0 Å². The number of halogens is 1. The number of fused-ring (bicyclic) bond motifs is 1. The molecule has 0 spiro atoms. The molecule has 3 nitrogen and oxygen atoms in total. The van der Waals surface area contributed by atoms with Gasteiger partial charge in [-0.3, -0.25) is 0 Å². The second-order valence-electron chi connectivity index (χ2n) is 4.40. The summed E-state index contributed by atoms with van der Waals surface area (Å²) in [6, 6.07) is 13.8. The van der Waals surface area contributed by atoms with Crippen molar-refractivity contribution in [2.24, 2.45) is 0 Å². The van der Waals surface area contributed by atoms with Gasteiger partial charge in [0.2, 0.25) is 0 Å². The van der Waals surface area contributed by atoms with Gasteiger partial charge in [-0.05, 0) is 42.8 Å². The van der Waals surface area contributed by atoms with Crippen LogP contribution < -0.4 is 5.32 Å². The lowest BCUT2D eigenvalue weighted by Gasteiger charge is -2.06. The Morgan fingerprint density at radius 2 is 2.10 bits per heavy atom. The van der Waals surface area contributed by atoms with Crippen LogP contribution in [0.2, 0.25) is 0 Å². The summed E-state index contributed by atoms with van der Waals surface area (Å²) in [7, 11) is 0. The molecule has 0 bridgehead atoms. The summed E-state index contributed by atoms with van der Waals surface area (Å²) in [5.74, 6) is 0. The summed E-state index contributed by atoms with van der Waals surface area (Å²) in [5, 5.41) is 13.1. The zero-order valence-electron chi connectivity index (χ0n) is 10.6. The molecule has 3 rings (SSSR count). The van der Waals surface area contributed by atoms with Gasteiger partial charge in [-0.2, -0.15) is 5.26 Å². The van der Waals surface area contributed by atoms with Crippen molar-refractivity contribution in [3.05, 3.63) is 52.0 Å². The van der Waals surface area contributed by atoms with Gasteiger partial charge < -0.3 is 5.32 Å². The van der Waals surface area contributed by atoms with Crippen molar-refractivity contribution in [3.63, 3.8) is 0 Å². The van der Waals surface area contributed by atoms with Crippen LogP contribution in [0.4, 0.5) is 10.8 Å². The molecular formula is C15H10BrN3S. The Morgan fingerprint density at radius 1 is 1.25 bits per heavy atom. The maximum Gasteiger partial charge on any atom is 0.188 e. The molecule has 0 radical (unpaired) electrons. The molecule has 0 aliphatic heterocycles. The molecule has 0 saturated carbocycles. The highest BCUT2D eigenvalue weighted by molar-refractivity contribution is 9.10. The van der Waals surface area contributed by atoms with Gasteiger partial charge >= 0.3 is 0 Å². The van der Waals surface area contributed by atoms with Crippen molar-refractivity contribution in [1.29, 1.82) is 5.26 Å². The SMILES string of the molecule is Cc1ccc(C#N)cc1Nc1nc2ccc(Br)cc2s1. The monoisotopic (exact) mass is 343 g/mol. The van der Waals surface area contributed by atoms with E-state index in [2.05, 4.69) is 38.4 Å². The number of benzene rings is 2. The van der Waals surface area contributed by atoms with Crippen LogP contribution in [0.5, 0.6) is 0 Å². The fourth-order valence-electron chi connectivity index (χ4n) is 1.89. The number of thiazole rings is 1. The van der Waals surface area contributed by atoms with E-state index in [1.54, 1.807) is 11.3 Å². The van der Waals surface area contributed by atoms with Gasteiger partial charge in [0.25, 0.3) is 0 Å². The Balaban J connectivity index is 1.99. The first-order valence-electron chi connectivity index (χ1n) is 5.99. The molecule has 5 heteroatoms. The number of aromatic nitrogens is 1. The van der Waals surface area contributed by atoms with Crippen LogP contribution in [0.3, 0.4) is 0 Å². The molecule has 3 aromatic rings. The van der Waals surface area contributed by atoms with Crippen LogP contribution in [-0.4, -0.2) is 4.98 Å². The number of rotatable bonds is 2. The van der Waals surface area contributed by atoms with Crippen molar-refractivity contribution in [3.8, 4) is 6.07 Å². The van der Waals surface area contributed by atoms with Crippen LogP contribution in [0.1, 0.15) is 11.1 Å². The van der Waals surface area contributed by atoms with E-state index in [0.29, 0.717) is 5.56 Å². The summed E-state index contributed by atoms with van der Waals surface area (Å²) in [6.45, 7) is 2.01. The van der Waals surface area contributed by atoms with Crippen molar-refractivity contribution >= 4 is 48.3 Å². The van der Waals surface area contributed by atoms with Crippen LogP contribution in [0.15, 0.2) is 40.9 Å². The number of nitrogens with zero attached hydrogens (tertiary/aromatic N) is 2. The summed E-state index contributed by atoms with van der Waals surface area (Å²) >= 11 is 5.05. The smallest absolute Gasteiger partial charge is 0.188 e. The Morgan fingerprint density at radius 3 is 2.90 bits per heavy atom. The first-order chi connectivity index (χ1) is 9.65. The minimum atomic E-state index is 0.641. The minimum absolute atomic E-state index is 0.641. The molecule has 1 aromatic heterocycles. The van der Waals surface area contributed by atoms with Gasteiger partial charge in [-0.1, -0.05) is 33.3 Å². The highest BCUT2D eigenvalue weighted by atomic mass is 79.9. The minimum Gasteiger partial charge on any atom is -0.331 e. The molecule has 0 fully saturated rings. The maximum atomic E-state index is 8.97. The second kappa shape index (κ2) is 5.23. The molecule has 0 unspecified atom stereocenters. The van der Waals surface area contributed by atoms with Gasteiger partial charge in [0.05, 0.1) is 21.8 Å². The lowest BCUT2D eigenvalue weighted by atomic mass is 10.1. The molecule has 2 aromatic carbocycles. The lowest BCUT2D eigenvalue weighted by Crippen LogP contribution is -1.93. The van der Waals surface area contributed by atoms with Gasteiger partial charge in [0, 0.05) is 10.2 Å². The molecule has 0 atom stereocenters. The fourth-order valence-corrected chi connectivity index (χ4v) is 3.32. The summed E-state index contributed by atoms with van der Waals surface area (Å²) in [6.07, 6.45) is 0. The van der Waals surface area contributed by atoms with Crippen molar-refractivity contribution in [1.82, 2.24) is 4.98 Å². The van der Waals surface area contributed by atoms with Gasteiger partial charge in [0.1, 0.15) is 0 Å². The van der Waals surface area contributed by atoms with Gasteiger partial charge in [-0.25, -0.2) is 4.98 Å². The number of nitrogens with one attached hydrogen (secondary N) is 1. The van der Waals surface area contributed by atoms with Crippen LogP contribution in [-0.2, 0) is 0 Å². The van der Waals surface area contributed by atoms with Crippen LogP contribution in [0.25, 0.3) is 10.2 Å². The molecule has 1 heterocycles. The molecule has 0 aliphatic carbocycles. The van der Waals surface area contributed by atoms with E-state index >= 15 is 0 Å². The third kappa shape index (κ3) is 2.53. The lowest BCUT2D eigenvalue weighted by molar-refractivity contribution is 1.38. The highest BCUT2D eigenvalue weighted by Crippen LogP contribution is 2.31. The first-order valence-corrected chi connectivity index (χ1v) is 7.60. The number of aryl methyl sites for hydroxylation is 1. The van der Waals surface area contributed by atoms with Crippen LogP contribution in [0, 0.1) is 18.3 Å². The molecule has 0 aliphatic rings. The molecule has 1 N–H and O–H groups in total. The second-order valence-corrected chi connectivity index (χ2v) is 6.34. The third-order valence-corrected chi connectivity index (χ3v) is 4.39. The summed E-state index contributed by atoms with van der Waals surface area (Å²) in [4.78, 5) is 4.55. The van der Waals surface area contributed by atoms with E-state index in [1.807, 2.05) is 37.3 Å².